The van der Waals surface area contributed by atoms with Crippen LogP contribution in [0.2, 0.25) is 0 Å². The first kappa shape index (κ1) is 13.7. The number of carboxylic acids is 1. The van der Waals surface area contributed by atoms with Crippen molar-refractivity contribution < 1.29 is 15.0 Å². The topological polar surface area (TPSA) is 95.3 Å². The van der Waals surface area contributed by atoms with Crippen molar-refractivity contribution in [1.82, 2.24) is 9.97 Å². The van der Waals surface area contributed by atoms with Gasteiger partial charge < -0.3 is 15.5 Å². The number of hydrogen-bond acceptors (Lipinski definition) is 5. The zero-order valence-corrected chi connectivity index (χ0v) is 10.7. The molecule has 0 spiro atoms. The first-order valence-electron chi connectivity index (χ1n) is 6.60. The molecular formula is C13H19N3O3. The Bertz CT molecular complexity index is 439. The molecule has 1 aromatic rings. The normalized spacial score (nSPS) is 23.0. The van der Waals surface area contributed by atoms with Gasteiger partial charge in [-0.3, -0.25) is 4.98 Å². The second kappa shape index (κ2) is 6.47. The molecule has 0 aromatic carbocycles. The number of nitrogens with one attached hydrogen (secondary N) is 1. The summed E-state index contributed by atoms with van der Waals surface area (Å²) in [6, 6.07) is 0. The highest BCUT2D eigenvalue weighted by atomic mass is 16.4. The number of anilines is 1. The molecule has 2 rings (SSSR count). The lowest BCUT2D eigenvalue weighted by Crippen LogP contribution is -2.29. The SMILES string of the molecule is O=C(O)c1cncc(NCC2CCCCC2CO)n1. The largest absolute Gasteiger partial charge is 0.476 e. The Labute approximate surface area is 111 Å². The summed E-state index contributed by atoms with van der Waals surface area (Å²) in [5.74, 6) is 0.134. The summed E-state index contributed by atoms with van der Waals surface area (Å²) in [4.78, 5) is 18.6. The average molecular weight is 265 g/mol. The summed E-state index contributed by atoms with van der Waals surface area (Å²) >= 11 is 0. The van der Waals surface area contributed by atoms with Crippen molar-refractivity contribution >= 4 is 11.8 Å². The number of hydrogen-bond donors (Lipinski definition) is 3. The molecule has 0 amide bonds. The van der Waals surface area contributed by atoms with Crippen LogP contribution in [0.25, 0.3) is 0 Å². The third-order valence-corrected chi connectivity index (χ3v) is 3.70. The molecule has 2 unspecified atom stereocenters. The molecule has 0 saturated heterocycles. The van der Waals surface area contributed by atoms with E-state index in [1.54, 1.807) is 0 Å². The quantitative estimate of drug-likeness (QED) is 0.744. The molecule has 3 N–H and O–H groups in total. The van der Waals surface area contributed by atoms with E-state index >= 15 is 0 Å². The fourth-order valence-corrected chi connectivity index (χ4v) is 2.58. The molecule has 1 aliphatic rings. The van der Waals surface area contributed by atoms with Crippen LogP contribution in [0.15, 0.2) is 12.4 Å². The number of aliphatic hydroxyl groups excluding tert-OH is 1. The minimum atomic E-state index is -1.08. The second-order valence-electron chi connectivity index (χ2n) is 4.96. The van der Waals surface area contributed by atoms with E-state index in [9.17, 15) is 9.90 Å². The molecule has 104 valence electrons. The Morgan fingerprint density at radius 3 is 2.74 bits per heavy atom. The summed E-state index contributed by atoms with van der Waals surface area (Å²) in [6.07, 6.45) is 7.25. The summed E-state index contributed by atoms with van der Waals surface area (Å²) in [5, 5.41) is 21.3. The highest BCUT2D eigenvalue weighted by Gasteiger charge is 2.24. The molecule has 1 fully saturated rings. The third-order valence-electron chi connectivity index (χ3n) is 3.70. The number of carbonyl (C=O) groups is 1. The van der Waals surface area contributed by atoms with Crippen LogP contribution in [-0.4, -0.2) is 39.3 Å². The van der Waals surface area contributed by atoms with Crippen LogP contribution in [0.5, 0.6) is 0 Å². The van der Waals surface area contributed by atoms with Gasteiger partial charge in [-0.15, -0.1) is 0 Å². The van der Waals surface area contributed by atoms with E-state index in [1.807, 2.05) is 0 Å². The first-order valence-corrected chi connectivity index (χ1v) is 6.60. The highest BCUT2D eigenvalue weighted by Crippen LogP contribution is 2.29. The number of carboxylic acid groups (broad SMARTS) is 1. The number of aromatic carboxylic acids is 1. The fourth-order valence-electron chi connectivity index (χ4n) is 2.58. The summed E-state index contributed by atoms with van der Waals surface area (Å²) < 4.78 is 0. The van der Waals surface area contributed by atoms with Gasteiger partial charge in [-0.05, 0) is 24.7 Å². The van der Waals surface area contributed by atoms with E-state index in [0.717, 1.165) is 12.8 Å². The monoisotopic (exact) mass is 265 g/mol. The van der Waals surface area contributed by atoms with Gasteiger partial charge in [0.15, 0.2) is 5.69 Å². The predicted octanol–water partition coefficient (Wildman–Crippen LogP) is 1.39. The zero-order chi connectivity index (χ0) is 13.7. The van der Waals surface area contributed by atoms with E-state index in [0.29, 0.717) is 24.2 Å². The van der Waals surface area contributed by atoms with Crippen LogP contribution in [0, 0.1) is 11.8 Å². The van der Waals surface area contributed by atoms with Crippen molar-refractivity contribution in [2.45, 2.75) is 25.7 Å². The van der Waals surface area contributed by atoms with Gasteiger partial charge in [0.25, 0.3) is 0 Å². The molecule has 1 aromatic heterocycles. The van der Waals surface area contributed by atoms with Crippen LogP contribution < -0.4 is 5.32 Å². The van der Waals surface area contributed by atoms with Gasteiger partial charge in [-0.25, -0.2) is 9.78 Å². The molecule has 2 atom stereocenters. The lowest BCUT2D eigenvalue weighted by molar-refractivity contribution is 0.0690. The number of rotatable bonds is 5. The average Bonchev–Trinajstić information content (AvgIpc) is 2.45. The Balaban J connectivity index is 1.94. The fraction of sp³-hybridized carbons (Fsp3) is 0.615. The van der Waals surface area contributed by atoms with E-state index < -0.39 is 5.97 Å². The maximum absolute atomic E-state index is 10.8. The smallest absolute Gasteiger partial charge is 0.356 e. The molecule has 0 radical (unpaired) electrons. The minimum Gasteiger partial charge on any atom is -0.476 e. The highest BCUT2D eigenvalue weighted by molar-refractivity contribution is 5.85. The lowest BCUT2D eigenvalue weighted by Gasteiger charge is -2.30. The third kappa shape index (κ3) is 3.64. The maximum Gasteiger partial charge on any atom is 0.356 e. The summed E-state index contributed by atoms with van der Waals surface area (Å²) in [5.41, 5.74) is -0.0626. The second-order valence-corrected chi connectivity index (χ2v) is 4.96. The Morgan fingerprint density at radius 1 is 1.32 bits per heavy atom. The standard InChI is InChI=1S/C13H19N3O3/c17-8-10-4-2-1-3-9(10)5-15-12-7-14-6-11(16-12)13(18)19/h6-7,9-10,17H,1-5,8H2,(H,15,16)(H,18,19). The van der Waals surface area contributed by atoms with Crippen LogP contribution in [-0.2, 0) is 0 Å². The first-order chi connectivity index (χ1) is 9.20. The minimum absolute atomic E-state index is 0.0626. The van der Waals surface area contributed by atoms with Crippen molar-refractivity contribution in [2.75, 3.05) is 18.5 Å². The molecule has 1 saturated carbocycles. The van der Waals surface area contributed by atoms with Gasteiger partial charge >= 0.3 is 5.97 Å². The van der Waals surface area contributed by atoms with Crippen molar-refractivity contribution in [3.63, 3.8) is 0 Å². The van der Waals surface area contributed by atoms with Crippen LogP contribution in [0.4, 0.5) is 5.82 Å². The zero-order valence-electron chi connectivity index (χ0n) is 10.7. The van der Waals surface area contributed by atoms with Gasteiger partial charge in [0.1, 0.15) is 5.82 Å². The maximum atomic E-state index is 10.8. The Morgan fingerprint density at radius 2 is 2.05 bits per heavy atom. The summed E-state index contributed by atoms with van der Waals surface area (Å²) in [7, 11) is 0. The lowest BCUT2D eigenvalue weighted by atomic mass is 9.79. The molecular weight excluding hydrogens is 246 g/mol. The Kier molecular flexibility index (Phi) is 4.68. The number of nitrogens with zero attached hydrogens (tertiary/aromatic N) is 2. The Hall–Kier alpha value is -1.69. The van der Waals surface area contributed by atoms with Crippen molar-refractivity contribution in [3.8, 4) is 0 Å². The van der Waals surface area contributed by atoms with Crippen LogP contribution >= 0.6 is 0 Å². The molecule has 1 aliphatic carbocycles. The van der Waals surface area contributed by atoms with Crippen molar-refractivity contribution in [1.29, 1.82) is 0 Å². The van der Waals surface area contributed by atoms with E-state index in [4.69, 9.17) is 5.11 Å². The predicted molar refractivity (Wildman–Crippen MR) is 70.0 cm³/mol. The van der Waals surface area contributed by atoms with E-state index in [1.165, 1.54) is 25.2 Å². The van der Waals surface area contributed by atoms with Gasteiger partial charge in [-0.1, -0.05) is 12.8 Å². The summed E-state index contributed by atoms with van der Waals surface area (Å²) in [6.45, 7) is 0.913. The van der Waals surface area contributed by atoms with Gasteiger partial charge in [-0.2, -0.15) is 0 Å². The van der Waals surface area contributed by atoms with Crippen LogP contribution in [0.3, 0.4) is 0 Å². The molecule has 1 heterocycles. The number of aliphatic hydroxyl groups is 1. The molecule has 6 heteroatoms. The van der Waals surface area contributed by atoms with E-state index in [2.05, 4.69) is 15.3 Å². The molecule has 19 heavy (non-hydrogen) atoms. The van der Waals surface area contributed by atoms with Gasteiger partial charge in [0.2, 0.25) is 0 Å². The molecule has 6 nitrogen and oxygen atoms in total. The van der Waals surface area contributed by atoms with Crippen LogP contribution in [0.1, 0.15) is 36.2 Å². The van der Waals surface area contributed by atoms with Crippen molar-refractivity contribution in [2.24, 2.45) is 11.8 Å². The van der Waals surface area contributed by atoms with Gasteiger partial charge in [0.05, 0.1) is 12.4 Å². The van der Waals surface area contributed by atoms with E-state index in [-0.39, 0.29) is 12.3 Å². The van der Waals surface area contributed by atoms with Gasteiger partial charge in [0, 0.05) is 13.2 Å². The number of aromatic nitrogens is 2. The molecule has 0 bridgehead atoms. The van der Waals surface area contributed by atoms with Crippen molar-refractivity contribution in [3.05, 3.63) is 18.1 Å². The molecule has 0 aliphatic heterocycles.